The van der Waals surface area contributed by atoms with E-state index < -0.39 is 11.2 Å². The molecule has 6 nitrogen and oxygen atoms in total. The Labute approximate surface area is 98.8 Å². The maximum Gasteiger partial charge on any atom is 0.330 e. The first kappa shape index (κ1) is 12.9. The predicted molar refractivity (Wildman–Crippen MR) is 68.0 cm³/mol. The predicted octanol–water partition coefficient (Wildman–Crippen LogP) is -0.0360. The fourth-order valence-corrected chi connectivity index (χ4v) is 1.43. The zero-order valence-corrected chi connectivity index (χ0v) is 9.96. The summed E-state index contributed by atoms with van der Waals surface area (Å²) in [6.07, 6.45) is 0.754. The van der Waals surface area contributed by atoms with Gasteiger partial charge in [-0.2, -0.15) is 0 Å². The van der Waals surface area contributed by atoms with Gasteiger partial charge in [-0.3, -0.25) is 14.3 Å². The highest BCUT2D eigenvalue weighted by atomic mass is 16.2. The Balaban J connectivity index is 3.19. The largest absolute Gasteiger partial charge is 0.383 e. The third kappa shape index (κ3) is 2.91. The third-order valence-electron chi connectivity index (χ3n) is 2.22. The van der Waals surface area contributed by atoms with E-state index in [0.29, 0.717) is 13.1 Å². The lowest BCUT2D eigenvalue weighted by Gasteiger charge is -2.11. The summed E-state index contributed by atoms with van der Waals surface area (Å²) in [6.45, 7) is 4.41. The summed E-state index contributed by atoms with van der Waals surface area (Å²) >= 11 is 0. The molecule has 1 aromatic rings. The molecule has 4 N–H and O–H groups in total. The molecule has 0 spiro atoms. The fraction of sp³-hybridized carbons (Fsp3) is 0.455. The zero-order chi connectivity index (χ0) is 12.8. The van der Waals surface area contributed by atoms with Crippen LogP contribution in [0.4, 0.5) is 11.5 Å². The van der Waals surface area contributed by atoms with Gasteiger partial charge in [-0.25, -0.2) is 4.79 Å². The van der Waals surface area contributed by atoms with Crippen molar-refractivity contribution in [1.82, 2.24) is 9.55 Å². The van der Waals surface area contributed by atoms with Crippen molar-refractivity contribution >= 4 is 11.5 Å². The van der Waals surface area contributed by atoms with E-state index in [0.717, 1.165) is 6.42 Å². The average Bonchev–Trinajstić information content (AvgIpc) is 2.29. The zero-order valence-electron chi connectivity index (χ0n) is 9.96. The molecule has 1 heterocycles. The number of hydrogen-bond donors (Lipinski definition) is 3. The SMILES string of the molecule is CC#CCNc1c(N)n(CCC)c(=O)[nH]c1=O. The first-order valence-electron chi connectivity index (χ1n) is 5.37. The number of nitrogens with two attached hydrogens (primary N) is 1. The van der Waals surface area contributed by atoms with Crippen molar-refractivity contribution in [1.29, 1.82) is 0 Å². The van der Waals surface area contributed by atoms with E-state index in [2.05, 4.69) is 22.1 Å². The van der Waals surface area contributed by atoms with E-state index in [-0.39, 0.29) is 11.5 Å². The monoisotopic (exact) mass is 236 g/mol. The number of nitrogens with zero attached hydrogens (tertiary/aromatic N) is 1. The van der Waals surface area contributed by atoms with E-state index in [1.165, 1.54) is 4.57 Å². The third-order valence-corrected chi connectivity index (χ3v) is 2.22. The van der Waals surface area contributed by atoms with Crippen LogP contribution in [0.15, 0.2) is 9.59 Å². The molecule has 0 saturated carbocycles. The number of aromatic amines is 1. The molecule has 92 valence electrons. The van der Waals surface area contributed by atoms with E-state index in [9.17, 15) is 9.59 Å². The summed E-state index contributed by atoms with van der Waals surface area (Å²) in [4.78, 5) is 25.3. The van der Waals surface area contributed by atoms with Gasteiger partial charge in [0.1, 0.15) is 11.5 Å². The van der Waals surface area contributed by atoms with Crippen molar-refractivity contribution in [2.45, 2.75) is 26.8 Å². The number of nitrogen functional groups attached to an aromatic ring is 1. The standard InChI is InChI=1S/C11H16N4O2/c1-3-5-6-13-8-9(12)15(7-4-2)11(17)14-10(8)16/h13H,4,6-7,12H2,1-2H3,(H,14,16,17). The minimum atomic E-state index is -0.516. The van der Waals surface area contributed by atoms with Crippen LogP contribution in [0, 0.1) is 11.8 Å². The molecule has 17 heavy (non-hydrogen) atoms. The van der Waals surface area contributed by atoms with Crippen molar-refractivity contribution < 1.29 is 0 Å². The van der Waals surface area contributed by atoms with Crippen LogP contribution in [0.1, 0.15) is 20.3 Å². The Kier molecular flexibility index (Phi) is 4.40. The van der Waals surface area contributed by atoms with Crippen LogP contribution >= 0.6 is 0 Å². The molecule has 0 fully saturated rings. The Bertz CT molecular complexity index is 560. The van der Waals surface area contributed by atoms with Gasteiger partial charge in [0.05, 0.1) is 6.54 Å². The van der Waals surface area contributed by atoms with Crippen LogP contribution in [0.2, 0.25) is 0 Å². The van der Waals surface area contributed by atoms with E-state index in [1.54, 1.807) is 6.92 Å². The molecule has 0 amide bonds. The number of H-pyrrole nitrogens is 1. The molecule has 0 atom stereocenters. The minimum absolute atomic E-state index is 0.151. The van der Waals surface area contributed by atoms with Crippen molar-refractivity contribution in [3.05, 3.63) is 20.8 Å². The highest BCUT2D eigenvalue weighted by molar-refractivity contribution is 5.60. The smallest absolute Gasteiger partial charge is 0.330 e. The summed E-state index contributed by atoms with van der Waals surface area (Å²) in [5.74, 6) is 5.61. The second kappa shape index (κ2) is 5.80. The van der Waals surface area contributed by atoms with Crippen LogP contribution < -0.4 is 22.3 Å². The molecule has 0 aliphatic heterocycles. The highest BCUT2D eigenvalue weighted by Crippen LogP contribution is 2.09. The Hall–Kier alpha value is -2.16. The Morgan fingerprint density at radius 1 is 1.47 bits per heavy atom. The molecule has 1 rings (SSSR count). The van der Waals surface area contributed by atoms with Gasteiger partial charge in [0.2, 0.25) is 0 Å². The van der Waals surface area contributed by atoms with Crippen LogP contribution in [-0.4, -0.2) is 16.1 Å². The number of nitrogens with one attached hydrogen (secondary N) is 2. The second-order valence-corrected chi connectivity index (χ2v) is 3.45. The highest BCUT2D eigenvalue weighted by Gasteiger charge is 2.10. The summed E-state index contributed by atoms with van der Waals surface area (Å²) < 4.78 is 1.34. The molecular formula is C11H16N4O2. The molecule has 0 radical (unpaired) electrons. The van der Waals surface area contributed by atoms with Gasteiger partial charge in [0, 0.05) is 6.54 Å². The van der Waals surface area contributed by atoms with Crippen LogP contribution in [0.5, 0.6) is 0 Å². The van der Waals surface area contributed by atoms with Crippen LogP contribution in [-0.2, 0) is 6.54 Å². The quantitative estimate of drug-likeness (QED) is 0.640. The first-order chi connectivity index (χ1) is 8.11. The van der Waals surface area contributed by atoms with Gasteiger partial charge in [-0.1, -0.05) is 12.8 Å². The lowest BCUT2D eigenvalue weighted by Crippen LogP contribution is -2.34. The number of rotatable bonds is 4. The van der Waals surface area contributed by atoms with Crippen molar-refractivity contribution in [2.24, 2.45) is 0 Å². The molecule has 0 bridgehead atoms. The lowest BCUT2D eigenvalue weighted by atomic mass is 10.4. The van der Waals surface area contributed by atoms with E-state index in [1.807, 2.05) is 6.92 Å². The van der Waals surface area contributed by atoms with Crippen molar-refractivity contribution in [3.63, 3.8) is 0 Å². The summed E-state index contributed by atoms with van der Waals surface area (Å²) in [5, 5.41) is 2.81. The average molecular weight is 236 g/mol. The van der Waals surface area contributed by atoms with Gasteiger partial charge in [-0.05, 0) is 13.3 Å². The molecular weight excluding hydrogens is 220 g/mol. The normalized spacial score (nSPS) is 9.53. The van der Waals surface area contributed by atoms with Gasteiger partial charge in [0.15, 0.2) is 0 Å². The molecule has 0 aliphatic carbocycles. The molecule has 1 aromatic heterocycles. The lowest BCUT2D eigenvalue weighted by molar-refractivity contribution is 0.642. The number of aromatic nitrogens is 2. The molecule has 0 aliphatic rings. The maximum atomic E-state index is 11.6. The van der Waals surface area contributed by atoms with Gasteiger partial charge in [0.25, 0.3) is 5.56 Å². The first-order valence-corrected chi connectivity index (χ1v) is 5.37. The fourth-order valence-electron chi connectivity index (χ4n) is 1.43. The second-order valence-electron chi connectivity index (χ2n) is 3.45. The summed E-state index contributed by atoms with van der Waals surface area (Å²) in [5.41, 5.74) is 4.98. The maximum absolute atomic E-state index is 11.6. The van der Waals surface area contributed by atoms with Crippen molar-refractivity contribution in [3.8, 4) is 11.8 Å². The topological polar surface area (TPSA) is 92.9 Å². The molecule has 0 saturated heterocycles. The van der Waals surface area contributed by atoms with Crippen LogP contribution in [0.25, 0.3) is 0 Å². The molecule has 6 heteroatoms. The molecule has 0 aromatic carbocycles. The van der Waals surface area contributed by atoms with E-state index >= 15 is 0 Å². The van der Waals surface area contributed by atoms with Crippen molar-refractivity contribution in [2.75, 3.05) is 17.6 Å². The van der Waals surface area contributed by atoms with Gasteiger partial charge < -0.3 is 11.1 Å². The number of anilines is 2. The summed E-state index contributed by atoms with van der Waals surface area (Å²) in [7, 11) is 0. The van der Waals surface area contributed by atoms with Gasteiger partial charge >= 0.3 is 5.69 Å². The van der Waals surface area contributed by atoms with Gasteiger partial charge in [-0.15, -0.1) is 5.92 Å². The van der Waals surface area contributed by atoms with Crippen LogP contribution in [0.3, 0.4) is 0 Å². The molecule has 0 unspecified atom stereocenters. The number of hydrogen-bond acceptors (Lipinski definition) is 4. The minimum Gasteiger partial charge on any atom is -0.383 e. The Morgan fingerprint density at radius 2 is 2.18 bits per heavy atom. The van der Waals surface area contributed by atoms with E-state index in [4.69, 9.17) is 5.73 Å². The Morgan fingerprint density at radius 3 is 2.76 bits per heavy atom. The summed E-state index contributed by atoms with van der Waals surface area (Å²) in [6, 6.07) is 0.